The maximum atomic E-state index is 12.0. The van der Waals surface area contributed by atoms with E-state index in [1.807, 2.05) is 42.1 Å². The molecule has 118 valence electrons. The predicted molar refractivity (Wildman–Crippen MR) is 85.3 cm³/mol. The third kappa shape index (κ3) is 3.20. The van der Waals surface area contributed by atoms with Gasteiger partial charge in [-0.25, -0.2) is 9.89 Å². The molecule has 0 bridgehead atoms. The average Bonchev–Trinajstić information content (AvgIpc) is 2.87. The van der Waals surface area contributed by atoms with Crippen molar-refractivity contribution < 1.29 is 4.79 Å². The van der Waals surface area contributed by atoms with E-state index in [0.29, 0.717) is 5.69 Å². The van der Waals surface area contributed by atoms with E-state index in [1.165, 1.54) is 0 Å². The zero-order chi connectivity index (χ0) is 16.4. The largest absolute Gasteiger partial charge is 0.350 e. The number of benzene rings is 1. The van der Waals surface area contributed by atoms with Gasteiger partial charge in [-0.15, -0.1) is 0 Å². The Hall–Kier alpha value is -3.16. The number of amides is 1. The van der Waals surface area contributed by atoms with E-state index in [4.69, 9.17) is 0 Å². The molecule has 0 atom stereocenters. The number of H-pyrrole nitrogens is 2. The molecule has 1 aromatic carbocycles. The van der Waals surface area contributed by atoms with E-state index in [2.05, 4.69) is 20.5 Å². The molecule has 0 saturated heterocycles. The van der Waals surface area contributed by atoms with Gasteiger partial charge in [0.2, 0.25) is 5.91 Å². The number of rotatable bonds is 4. The molecule has 0 aliphatic carbocycles. The Morgan fingerprint density at radius 2 is 2.13 bits per heavy atom. The second-order valence-corrected chi connectivity index (χ2v) is 5.20. The second-order valence-electron chi connectivity index (χ2n) is 5.20. The molecule has 3 N–H and O–H groups in total. The van der Waals surface area contributed by atoms with Crippen LogP contribution in [0.3, 0.4) is 0 Å². The first-order valence-corrected chi connectivity index (χ1v) is 7.06. The summed E-state index contributed by atoms with van der Waals surface area (Å²) in [6, 6.07) is 7.64. The van der Waals surface area contributed by atoms with Gasteiger partial charge < -0.3 is 9.88 Å². The predicted octanol–water partition coefficient (Wildman–Crippen LogP) is 0.521. The first kappa shape index (κ1) is 14.8. The fourth-order valence-electron chi connectivity index (χ4n) is 2.34. The molecule has 2 heterocycles. The molecule has 23 heavy (non-hydrogen) atoms. The Labute approximate surface area is 130 Å². The zero-order valence-electron chi connectivity index (χ0n) is 12.4. The number of hydrogen-bond donors (Lipinski definition) is 3. The van der Waals surface area contributed by atoms with Gasteiger partial charge in [-0.1, -0.05) is 6.07 Å². The average molecular weight is 313 g/mol. The minimum atomic E-state index is -0.668. The van der Waals surface area contributed by atoms with E-state index in [0.717, 1.165) is 10.9 Å². The number of nitrogens with zero attached hydrogens (tertiary/aromatic N) is 2. The van der Waals surface area contributed by atoms with Crippen LogP contribution in [0.2, 0.25) is 0 Å². The summed E-state index contributed by atoms with van der Waals surface area (Å²) >= 11 is 0. The summed E-state index contributed by atoms with van der Waals surface area (Å²) in [5.41, 5.74) is 0.581. The monoisotopic (exact) mass is 313 g/mol. The third-order valence-corrected chi connectivity index (χ3v) is 3.54. The van der Waals surface area contributed by atoms with Gasteiger partial charge in [0.1, 0.15) is 5.69 Å². The van der Waals surface area contributed by atoms with Crippen LogP contribution in [0.25, 0.3) is 10.9 Å². The van der Waals surface area contributed by atoms with Crippen LogP contribution in [0.5, 0.6) is 0 Å². The highest BCUT2D eigenvalue weighted by Gasteiger charge is 2.08. The van der Waals surface area contributed by atoms with Crippen molar-refractivity contribution in [3.8, 4) is 0 Å². The van der Waals surface area contributed by atoms with E-state index < -0.39 is 11.2 Å². The fourth-order valence-corrected chi connectivity index (χ4v) is 2.34. The van der Waals surface area contributed by atoms with E-state index in [9.17, 15) is 14.4 Å². The number of aromatic amines is 2. The topological polar surface area (TPSA) is 113 Å². The van der Waals surface area contributed by atoms with Crippen molar-refractivity contribution in [3.05, 3.63) is 57.0 Å². The number of hydrogen-bond acceptors (Lipinski definition) is 4. The van der Waals surface area contributed by atoms with Crippen molar-refractivity contribution in [1.29, 1.82) is 0 Å². The lowest BCUT2D eigenvalue weighted by Crippen LogP contribution is -2.28. The van der Waals surface area contributed by atoms with Crippen molar-refractivity contribution in [3.63, 3.8) is 0 Å². The summed E-state index contributed by atoms with van der Waals surface area (Å²) in [6.07, 6.45) is 2.18. The van der Waals surface area contributed by atoms with Crippen LogP contribution in [0.4, 0.5) is 5.69 Å². The lowest BCUT2D eigenvalue weighted by molar-refractivity contribution is -0.116. The Kier molecular flexibility index (Phi) is 3.80. The van der Waals surface area contributed by atoms with Crippen LogP contribution >= 0.6 is 0 Å². The summed E-state index contributed by atoms with van der Waals surface area (Å²) in [7, 11) is 1.93. The molecule has 0 aliphatic rings. The van der Waals surface area contributed by atoms with Gasteiger partial charge in [0.25, 0.3) is 5.56 Å². The Balaban J connectivity index is 1.67. The van der Waals surface area contributed by atoms with Gasteiger partial charge in [-0.2, -0.15) is 5.10 Å². The van der Waals surface area contributed by atoms with Crippen molar-refractivity contribution in [1.82, 2.24) is 19.7 Å². The molecule has 0 aliphatic heterocycles. The molecule has 0 fully saturated rings. The molecule has 3 rings (SSSR count). The summed E-state index contributed by atoms with van der Waals surface area (Å²) in [4.78, 5) is 36.4. The third-order valence-electron chi connectivity index (χ3n) is 3.54. The molecule has 8 heteroatoms. The number of carbonyl (C=O) groups excluding carboxylic acids is 1. The number of fused-ring (bicyclic) bond motifs is 1. The van der Waals surface area contributed by atoms with Gasteiger partial charge in [-0.05, 0) is 23.6 Å². The minimum absolute atomic E-state index is 0.0906. The van der Waals surface area contributed by atoms with E-state index >= 15 is 0 Å². The number of nitrogens with one attached hydrogen (secondary N) is 3. The number of aryl methyl sites for hydroxylation is 2. The number of anilines is 1. The van der Waals surface area contributed by atoms with Gasteiger partial charge in [-0.3, -0.25) is 14.6 Å². The number of carbonyl (C=O) groups is 1. The highest BCUT2D eigenvalue weighted by molar-refractivity contribution is 5.93. The van der Waals surface area contributed by atoms with Crippen molar-refractivity contribution in [2.24, 2.45) is 7.05 Å². The van der Waals surface area contributed by atoms with Crippen molar-refractivity contribution >= 4 is 22.5 Å². The summed E-state index contributed by atoms with van der Waals surface area (Å²) < 4.78 is 1.97. The fraction of sp³-hybridized carbons (Fsp3) is 0.200. The molecule has 0 spiro atoms. The van der Waals surface area contributed by atoms with Crippen molar-refractivity contribution in [2.45, 2.75) is 12.8 Å². The van der Waals surface area contributed by atoms with Crippen molar-refractivity contribution in [2.75, 3.05) is 5.32 Å². The highest BCUT2D eigenvalue weighted by Crippen LogP contribution is 2.19. The first-order valence-electron chi connectivity index (χ1n) is 7.06. The van der Waals surface area contributed by atoms with Crippen LogP contribution in [-0.4, -0.2) is 25.7 Å². The Morgan fingerprint density at radius 3 is 2.91 bits per heavy atom. The molecule has 8 nitrogen and oxygen atoms in total. The van der Waals surface area contributed by atoms with Crippen LogP contribution in [-0.2, 0) is 18.3 Å². The molecular weight excluding hydrogens is 298 g/mol. The molecule has 0 radical (unpaired) electrons. The van der Waals surface area contributed by atoms with Gasteiger partial charge >= 0.3 is 5.69 Å². The quantitative estimate of drug-likeness (QED) is 0.651. The Morgan fingerprint density at radius 1 is 1.30 bits per heavy atom. The lowest BCUT2D eigenvalue weighted by Gasteiger charge is -2.06. The molecule has 1 amide bonds. The molecule has 3 aromatic rings. The smallest absolute Gasteiger partial charge is 0.342 e. The van der Waals surface area contributed by atoms with Gasteiger partial charge in [0.15, 0.2) is 0 Å². The molecular formula is C15H15N5O3. The summed E-state index contributed by atoms with van der Waals surface area (Å²) in [5, 5.41) is 9.66. The van der Waals surface area contributed by atoms with Crippen LogP contribution in [0.15, 0.2) is 40.1 Å². The minimum Gasteiger partial charge on any atom is -0.350 e. The van der Waals surface area contributed by atoms with Gasteiger partial charge in [0.05, 0.1) is 0 Å². The van der Waals surface area contributed by atoms with Gasteiger partial charge in [0, 0.05) is 37.3 Å². The summed E-state index contributed by atoms with van der Waals surface area (Å²) in [6.45, 7) is 0. The lowest BCUT2D eigenvalue weighted by atomic mass is 10.2. The zero-order valence-corrected chi connectivity index (χ0v) is 12.4. The maximum Gasteiger partial charge on any atom is 0.342 e. The standard InChI is InChI=1S/C15H15N5O3/c1-20-7-6-9-2-3-10(8-12(9)20)16-13(21)5-4-11-14(22)17-15(23)19-18-11/h2-3,6-8H,4-5H2,1H3,(H,16,21)(H2,17,19,22,23). The van der Waals surface area contributed by atoms with Crippen LogP contribution in [0.1, 0.15) is 12.1 Å². The van der Waals surface area contributed by atoms with Crippen LogP contribution in [0, 0.1) is 0 Å². The molecule has 2 aromatic heterocycles. The molecule has 0 saturated carbocycles. The van der Waals surface area contributed by atoms with E-state index in [1.54, 1.807) is 0 Å². The van der Waals surface area contributed by atoms with E-state index in [-0.39, 0.29) is 24.4 Å². The highest BCUT2D eigenvalue weighted by atomic mass is 16.2. The summed E-state index contributed by atoms with van der Waals surface area (Å²) in [5.74, 6) is -0.231. The normalized spacial score (nSPS) is 10.8. The maximum absolute atomic E-state index is 12.0. The second kappa shape index (κ2) is 5.91. The Bertz CT molecular complexity index is 982. The molecule has 0 unspecified atom stereocenters. The SMILES string of the molecule is Cn1ccc2ccc(NC(=O)CCc3n[nH]c(=O)[nH]c3=O)cc21. The first-order chi connectivity index (χ1) is 11.0. The number of aromatic nitrogens is 4. The van der Waals surface area contributed by atoms with Crippen LogP contribution < -0.4 is 16.6 Å².